The smallest absolute Gasteiger partial charge is 0.122 e. The van der Waals surface area contributed by atoms with Crippen LogP contribution in [0.2, 0.25) is 0 Å². The van der Waals surface area contributed by atoms with Gasteiger partial charge in [-0.05, 0) is 24.6 Å². The van der Waals surface area contributed by atoms with Crippen LogP contribution in [-0.2, 0) is 13.0 Å². The number of para-hydroxylation sites is 1. The number of nitrogens with zero attached hydrogens (tertiary/aromatic N) is 2. The lowest BCUT2D eigenvalue weighted by molar-refractivity contribution is 0.296. The van der Waals surface area contributed by atoms with Gasteiger partial charge in [-0.3, -0.25) is 0 Å². The van der Waals surface area contributed by atoms with Crippen LogP contribution in [0.15, 0.2) is 36.4 Å². The quantitative estimate of drug-likeness (QED) is 0.876. The second kappa shape index (κ2) is 6.67. The molecule has 1 heterocycles. The van der Waals surface area contributed by atoms with E-state index in [0.29, 0.717) is 24.5 Å². The Kier molecular flexibility index (Phi) is 4.67. The fraction of sp³-hybridized carbons (Fsp3) is 0.312. The number of anilines is 1. The number of aromatic nitrogens is 1. The van der Waals surface area contributed by atoms with Gasteiger partial charge in [-0.15, -0.1) is 0 Å². The maximum atomic E-state index is 9.17. The molecule has 0 aliphatic rings. The Bertz CT molecular complexity index is 596. The van der Waals surface area contributed by atoms with E-state index < -0.39 is 0 Å². The van der Waals surface area contributed by atoms with Crippen molar-refractivity contribution in [3.05, 3.63) is 47.8 Å². The number of hydrogen-bond acceptors (Lipinski definition) is 3. The molecule has 0 amide bonds. The molecule has 0 spiro atoms. The normalized spacial score (nSPS) is 10.2. The van der Waals surface area contributed by atoms with Crippen molar-refractivity contribution in [2.45, 2.75) is 26.3 Å². The van der Waals surface area contributed by atoms with Gasteiger partial charge >= 0.3 is 0 Å². The molecule has 2 aromatic rings. The average Bonchev–Trinajstić information content (AvgIpc) is 2.77. The molecule has 0 bridgehead atoms. The van der Waals surface area contributed by atoms with Crippen LogP contribution in [-0.4, -0.2) is 11.2 Å². The summed E-state index contributed by atoms with van der Waals surface area (Å²) >= 11 is 0. The minimum atomic E-state index is 0.517. The van der Waals surface area contributed by atoms with E-state index in [0.717, 1.165) is 24.3 Å². The highest BCUT2D eigenvalue weighted by Crippen LogP contribution is 2.20. The lowest BCUT2D eigenvalue weighted by atomic mass is 10.2. The van der Waals surface area contributed by atoms with E-state index in [9.17, 15) is 5.26 Å². The van der Waals surface area contributed by atoms with Gasteiger partial charge in [0.05, 0.1) is 12.2 Å². The van der Waals surface area contributed by atoms with Crippen LogP contribution in [0.1, 0.15) is 24.7 Å². The number of nitriles is 1. The summed E-state index contributed by atoms with van der Waals surface area (Å²) in [6.07, 6.45) is 1.87. The molecule has 0 radical (unpaired) electrons. The van der Waals surface area contributed by atoms with Gasteiger partial charge in [0.1, 0.15) is 24.1 Å². The van der Waals surface area contributed by atoms with E-state index in [2.05, 4.69) is 13.0 Å². The maximum Gasteiger partial charge on any atom is 0.122 e. The molecule has 0 atom stereocenters. The van der Waals surface area contributed by atoms with E-state index in [1.54, 1.807) is 6.07 Å². The van der Waals surface area contributed by atoms with Crippen molar-refractivity contribution in [1.82, 2.24) is 4.57 Å². The monoisotopic (exact) mass is 269 g/mol. The van der Waals surface area contributed by atoms with Gasteiger partial charge in [0.25, 0.3) is 0 Å². The van der Waals surface area contributed by atoms with Crippen LogP contribution >= 0.6 is 0 Å². The molecule has 2 rings (SSSR count). The van der Waals surface area contributed by atoms with Crippen LogP contribution in [0, 0.1) is 11.3 Å². The van der Waals surface area contributed by atoms with Gasteiger partial charge < -0.3 is 15.0 Å². The lowest BCUT2D eigenvalue weighted by Gasteiger charge is -2.12. The third kappa shape index (κ3) is 3.12. The summed E-state index contributed by atoms with van der Waals surface area (Å²) in [5.41, 5.74) is 8.30. The maximum absolute atomic E-state index is 9.17. The predicted molar refractivity (Wildman–Crippen MR) is 79.5 cm³/mol. The predicted octanol–water partition coefficient (Wildman–Crippen LogP) is 2.97. The van der Waals surface area contributed by atoms with E-state index >= 15 is 0 Å². The summed E-state index contributed by atoms with van der Waals surface area (Å²) in [6.45, 7) is 3.25. The molecule has 0 saturated heterocycles. The van der Waals surface area contributed by atoms with Crippen molar-refractivity contribution < 1.29 is 4.74 Å². The Morgan fingerprint density at radius 3 is 2.70 bits per heavy atom. The molecule has 4 nitrogen and oxygen atoms in total. The van der Waals surface area contributed by atoms with Gasteiger partial charge in [-0.2, -0.15) is 5.26 Å². The van der Waals surface area contributed by atoms with E-state index in [1.807, 2.05) is 34.9 Å². The molecule has 0 aliphatic heterocycles. The summed E-state index contributed by atoms with van der Waals surface area (Å²) in [4.78, 5) is 0. The topological polar surface area (TPSA) is 64.0 Å². The minimum Gasteiger partial charge on any atom is -0.492 e. The van der Waals surface area contributed by atoms with Crippen LogP contribution in [0.25, 0.3) is 0 Å². The molecular weight excluding hydrogens is 250 g/mol. The molecule has 0 aliphatic carbocycles. The second-order valence-corrected chi connectivity index (χ2v) is 4.61. The molecular formula is C16H19N3O. The summed E-state index contributed by atoms with van der Waals surface area (Å²) in [5, 5.41) is 9.17. The summed E-state index contributed by atoms with van der Waals surface area (Å²) in [5.74, 6) is 0.836. The first-order valence-corrected chi connectivity index (χ1v) is 6.82. The molecule has 1 aromatic carbocycles. The SMILES string of the molecule is CCCc1c(N)cc(C#N)n1CCOc1ccccc1. The van der Waals surface area contributed by atoms with E-state index in [1.165, 1.54) is 0 Å². The highest BCUT2D eigenvalue weighted by Gasteiger charge is 2.12. The first kappa shape index (κ1) is 14.0. The second-order valence-electron chi connectivity index (χ2n) is 4.61. The minimum absolute atomic E-state index is 0.517. The third-order valence-electron chi connectivity index (χ3n) is 3.17. The molecule has 1 aromatic heterocycles. The number of benzene rings is 1. The van der Waals surface area contributed by atoms with E-state index in [4.69, 9.17) is 10.5 Å². The molecule has 0 unspecified atom stereocenters. The number of ether oxygens (including phenoxy) is 1. The molecule has 20 heavy (non-hydrogen) atoms. The molecule has 4 heteroatoms. The largest absolute Gasteiger partial charge is 0.492 e. The van der Waals surface area contributed by atoms with Crippen LogP contribution < -0.4 is 10.5 Å². The fourth-order valence-corrected chi connectivity index (χ4v) is 2.25. The van der Waals surface area contributed by atoms with E-state index in [-0.39, 0.29) is 0 Å². The Labute approximate surface area is 119 Å². The van der Waals surface area contributed by atoms with Crippen LogP contribution in [0.3, 0.4) is 0 Å². The molecule has 104 valence electrons. The van der Waals surface area contributed by atoms with Crippen molar-refractivity contribution in [1.29, 1.82) is 5.26 Å². The van der Waals surface area contributed by atoms with Gasteiger partial charge in [0.15, 0.2) is 0 Å². The van der Waals surface area contributed by atoms with Crippen molar-refractivity contribution in [2.75, 3.05) is 12.3 Å². The zero-order chi connectivity index (χ0) is 14.4. The standard InChI is InChI=1S/C16H19N3O/c1-2-6-16-15(18)11-13(12-17)19(16)9-10-20-14-7-4-3-5-8-14/h3-5,7-8,11H,2,6,9-10,18H2,1H3. The van der Waals surface area contributed by atoms with Crippen molar-refractivity contribution >= 4 is 5.69 Å². The Morgan fingerprint density at radius 1 is 1.30 bits per heavy atom. The van der Waals surface area contributed by atoms with Crippen LogP contribution in [0.5, 0.6) is 5.75 Å². The Balaban J connectivity index is 2.07. The average molecular weight is 269 g/mol. The zero-order valence-corrected chi connectivity index (χ0v) is 11.7. The Hall–Kier alpha value is -2.41. The van der Waals surface area contributed by atoms with Crippen LogP contribution in [0.4, 0.5) is 5.69 Å². The van der Waals surface area contributed by atoms with Gasteiger partial charge in [0.2, 0.25) is 0 Å². The van der Waals surface area contributed by atoms with Gasteiger partial charge in [-0.25, -0.2) is 0 Å². The number of rotatable bonds is 6. The zero-order valence-electron chi connectivity index (χ0n) is 11.7. The third-order valence-corrected chi connectivity index (χ3v) is 3.17. The molecule has 0 saturated carbocycles. The Morgan fingerprint density at radius 2 is 2.05 bits per heavy atom. The highest BCUT2D eigenvalue weighted by molar-refractivity contribution is 5.50. The fourth-order valence-electron chi connectivity index (χ4n) is 2.25. The summed E-state index contributed by atoms with van der Waals surface area (Å²) < 4.78 is 7.64. The van der Waals surface area contributed by atoms with Crippen molar-refractivity contribution in [3.8, 4) is 11.8 Å². The first-order valence-electron chi connectivity index (χ1n) is 6.82. The van der Waals surface area contributed by atoms with Gasteiger partial charge in [0, 0.05) is 5.69 Å². The van der Waals surface area contributed by atoms with Crippen molar-refractivity contribution in [3.63, 3.8) is 0 Å². The lowest BCUT2D eigenvalue weighted by Crippen LogP contribution is -2.13. The first-order chi connectivity index (χ1) is 9.76. The molecule has 2 N–H and O–H groups in total. The number of hydrogen-bond donors (Lipinski definition) is 1. The summed E-state index contributed by atoms with van der Waals surface area (Å²) in [6, 6.07) is 13.6. The highest BCUT2D eigenvalue weighted by atomic mass is 16.5. The molecule has 0 fully saturated rings. The number of nitrogen functional groups attached to an aromatic ring is 1. The van der Waals surface area contributed by atoms with Gasteiger partial charge in [-0.1, -0.05) is 31.5 Å². The number of nitrogens with two attached hydrogens (primary N) is 1. The van der Waals surface area contributed by atoms with Crippen molar-refractivity contribution in [2.24, 2.45) is 0 Å². The summed E-state index contributed by atoms with van der Waals surface area (Å²) in [7, 11) is 0.